The minimum atomic E-state index is -0.957. The summed E-state index contributed by atoms with van der Waals surface area (Å²) in [6.45, 7) is 0.855. The smallest absolute Gasteiger partial charge is 0.151 e. The predicted molar refractivity (Wildman–Crippen MR) is 73.8 cm³/mol. The van der Waals surface area contributed by atoms with Crippen molar-refractivity contribution in [3.63, 3.8) is 0 Å². The zero-order valence-corrected chi connectivity index (χ0v) is 12.1. The van der Waals surface area contributed by atoms with Crippen molar-refractivity contribution in [2.24, 2.45) is 5.92 Å². The van der Waals surface area contributed by atoms with Crippen LogP contribution in [-0.4, -0.2) is 35.1 Å². The fourth-order valence-corrected chi connectivity index (χ4v) is 2.37. The second-order valence-electron chi connectivity index (χ2n) is 4.51. The van der Waals surface area contributed by atoms with Gasteiger partial charge in [0.1, 0.15) is 17.5 Å². The Labute approximate surface area is 123 Å². The lowest BCUT2D eigenvalue weighted by atomic mass is 10.2. The third-order valence-electron chi connectivity index (χ3n) is 2.95. The molecule has 0 aliphatic heterocycles. The van der Waals surface area contributed by atoms with E-state index in [1.807, 2.05) is 22.6 Å². The molecule has 98 valence electrons. The Morgan fingerprint density at radius 2 is 2.32 bits per heavy atom. The van der Waals surface area contributed by atoms with Crippen LogP contribution in [-0.2, 0) is 6.54 Å². The molecule has 1 aliphatic rings. The van der Waals surface area contributed by atoms with Crippen LogP contribution in [0.25, 0.3) is 0 Å². The van der Waals surface area contributed by atoms with Gasteiger partial charge in [-0.05, 0) is 41.4 Å². The molecule has 7 nitrogen and oxygen atoms in total. The number of aliphatic hydroxyl groups excluding tert-OH is 1. The summed E-state index contributed by atoms with van der Waals surface area (Å²) >= 11 is 1.98. The molecule has 2 aromatic rings. The van der Waals surface area contributed by atoms with Gasteiger partial charge < -0.3 is 5.11 Å². The third kappa shape index (κ3) is 2.62. The second kappa shape index (κ2) is 4.90. The number of aliphatic hydroxyl groups is 1. The maximum Gasteiger partial charge on any atom is 0.151 e. The van der Waals surface area contributed by atoms with E-state index in [-0.39, 0.29) is 0 Å². The quantitative estimate of drug-likeness (QED) is 0.623. The molecule has 1 N–H and O–H groups in total. The normalized spacial score (nSPS) is 16.3. The minimum absolute atomic E-state index is 0.400. The van der Waals surface area contributed by atoms with E-state index in [2.05, 4.69) is 26.6 Å². The summed E-state index contributed by atoms with van der Waals surface area (Å²) < 4.78 is 2.31. The number of nitrogens with zero attached hydrogens (tertiary/aromatic N) is 6. The highest BCUT2D eigenvalue weighted by Crippen LogP contribution is 2.30. The minimum Gasteiger partial charge on any atom is -0.380 e. The fraction of sp³-hybridized carbons (Fsp3) is 0.455. The molecular weight excluding hydrogens is 359 g/mol. The average molecular weight is 370 g/mol. The van der Waals surface area contributed by atoms with Crippen LogP contribution in [0.15, 0.2) is 6.20 Å². The summed E-state index contributed by atoms with van der Waals surface area (Å²) in [6, 6.07) is 2.27. The van der Waals surface area contributed by atoms with Crippen molar-refractivity contribution in [3.8, 4) is 12.5 Å². The third-order valence-corrected chi connectivity index (χ3v) is 3.72. The van der Waals surface area contributed by atoms with Gasteiger partial charge in [-0.15, -0.1) is 20.1 Å². The molecule has 0 spiro atoms. The molecule has 1 atom stereocenters. The topological polar surface area (TPSA) is 81.6 Å². The molecule has 0 saturated heterocycles. The van der Waals surface area contributed by atoms with E-state index in [1.54, 1.807) is 10.9 Å². The van der Waals surface area contributed by atoms with E-state index >= 15 is 0 Å². The van der Waals surface area contributed by atoms with Crippen LogP contribution in [0.5, 0.6) is 0 Å². The van der Waals surface area contributed by atoms with E-state index in [1.165, 1.54) is 12.8 Å². The van der Waals surface area contributed by atoms with Crippen LogP contribution in [0, 0.1) is 22.1 Å². The monoisotopic (exact) mass is 370 g/mol. The van der Waals surface area contributed by atoms with Crippen molar-refractivity contribution in [2.75, 3.05) is 0 Å². The Morgan fingerprint density at radius 1 is 1.53 bits per heavy atom. The molecule has 0 radical (unpaired) electrons. The maximum atomic E-state index is 10.2. The summed E-state index contributed by atoms with van der Waals surface area (Å²) in [5.41, 5.74) is 0.861. The zero-order valence-electron chi connectivity index (χ0n) is 9.94. The van der Waals surface area contributed by atoms with Gasteiger partial charge in [-0.2, -0.15) is 0 Å². The number of terminal acetylenes is 1. The number of hydrogen-bond acceptors (Lipinski definition) is 5. The van der Waals surface area contributed by atoms with Crippen molar-refractivity contribution < 1.29 is 5.11 Å². The lowest BCUT2D eigenvalue weighted by molar-refractivity contribution is 0.209. The van der Waals surface area contributed by atoms with Gasteiger partial charge in [0.05, 0.1) is 12.2 Å². The predicted octanol–water partition coefficient (Wildman–Crippen LogP) is 0.405. The molecular formula is C11H11IN6O. The summed E-state index contributed by atoms with van der Waals surface area (Å²) in [4.78, 5) is 1.09. The summed E-state index contributed by atoms with van der Waals surface area (Å²) in [6.07, 6.45) is 8.48. The Bertz CT molecular complexity index is 638. The van der Waals surface area contributed by atoms with Crippen LogP contribution in [0.3, 0.4) is 0 Å². The van der Waals surface area contributed by atoms with E-state index in [4.69, 9.17) is 6.42 Å². The number of aromatic nitrogens is 6. The Morgan fingerprint density at radius 3 is 2.95 bits per heavy atom. The first kappa shape index (κ1) is 12.6. The molecule has 2 aromatic heterocycles. The summed E-state index contributed by atoms with van der Waals surface area (Å²) in [5, 5.41) is 26.2. The first-order chi connectivity index (χ1) is 9.17. The van der Waals surface area contributed by atoms with Gasteiger partial charge in [0.25, 0.3) is 0 Å². The second-order valence-corrected chi connectivity index (χ2v) is 5.53. The molecule has 19 heavy (non-hydrogen) atoms. The SMILES string of the molecule is C#Cn1nc(I)c(C(O)c2cn(CC3CC3)nn2)n1. The first-order valence-corrected chi connectivity index (χ1v) is 6.92. The van der Waals surface area contributed by atoms with Crippen LogP contribution in [0.2, 0.25) is 0 Å². The van der Waals surface area contributed by atoms with Crippen LogP contribution < -0.4 is 0 Å². The van der Waals surface area contributed by atoms with Gasteiger partial charge >= 0.3 is 0 Å². The van der Waals surface area contributed by atoms with Gasteiger partial charge in [-0.1, -0.05) is 11.6 Å². The fourth-order valence-electron chi connectivity index (χ4n) is 1.76. The van der Waals surface area contributed by atoms with E-state index < -0.39 is 6.10 Å². The van der Waals surface area contributed by atoms with Crippen molar-refractivity contribution in [1.29, 1.82) is 0 Å². The van der Waals surface area contributed by atoms with E-state index in [9.17, 15) is 5.11 Å². The molecule has 1 fully saturated rings. The van der Waals surface area contributed by atoms with Gasteiger partial charge in [0.15, 0.2) is 3.70 Å². The molecule has 8 heteroatoms. The Balaban J connectivity index is 1.81. The molecule has 0 amide bonds. The number of halogens is 1. The Hall–Kier alpha value is -1.47. The zero-order chi connectivity index (χ0) is 13.4. The van der Waals surface area contributed by atoms with Crippen LogP contribution in [0.4, 0.5) is 0 Å². The molecule has 3 rings (SSSR count). The molecule has 0 aromatic carbocycles. The molecule has 1 saturated carbocycles. The number of hydrogen-bond donors (Lipinski definition) is 1. The van der Waals surface area contributed by atoms with Crippen LogP contribution in [0.1, 0.15) is 30.3 Å². The Kier molecular flexibility index (Phi) is 3.24. The summed E-state index contributed by atoms with van der Waals surface area (Å²) in [5.74, 6) is 0.703. The van der Waals surface area contributed by atoms with Gasteiger partial charge in [0.2, 0.25) is 0 Å². The van der Waals surface area contributed by atoms with E-state index in [0.717, 1.165) is 11.3 Å². The highest BCUT2D eigenvalue weighted by atomic mass is 127. The molecule has 0 bridgehead atoms. The molecule has 1 unspecified atom stereocenters. The summed E-state index contributed by atoms with van der Waals surface area (Å²) in [7, 11) is 0. The maximum absolute atomic E-state index is 10.2. The van der Waals surface area contributed by atoms with E-state index in [0.29, 0.717) is 21.0 Å². The average Bonchev–Trinajstić information content (AvgIpc) is 2.95. The van der Waals surface area contributed by atoms with Crippen molar-refractivity contribution in [3.05, 3.63) is 21.3 Å². The highest BCUT2D eigenvalue weighted by molar-refractivity contribution is 14.1. The van der Waals surface area contributed by atoms with Gasteiger partial charge in [-0.3, -0.25) is 4.68 Å². The molecule has 1 aliphatic carbocycles. The first-order valence-electron chi connectivity index (χ1n) is 5.85. The van der Waals surface area contributed by atoms with Crippen LogP contribution >= 0.6 is 22.6 Å². The van der Waals surface area contributed by atoms with Crippen molar-refractivity contribution in [1.82, 2.24) is 30.0 Å². The standard InChI is InChI=1S/C11H11IN6O/c1-2-18-14-9(11(12)15-18)10(19)8-6-17(16-13-8)5-7-3-4-7/h1,6-7,10,19H,3-5H2. The highest BCUT2D eigenvalue weighted by Gasteiger charge is 2.25. The lowest BCUT2D eigenvalue weighted by Gasteiger charge is -2.02. The molecule has 2 heterocycles. The van der Waals surface area contributed by atoms with Crippen molar-refractivity contribution >= 4 is 22.6 Å². The number of rotatable bonds is 4. The largest absolute Gasteiger partial charge is 0.380 e. The van der Waals surface area contributed by atoms with Gasteiger partial charge in [0, 0.05) is 6.54 Å². The van der Waals surface area contributed by atoms with Crippen molar-refractivity contribution in [2.45, 2.75) is 25.5 Å². The lowest BCUT2D eigenvalue weighted by Crippen LogP contribution is -2.04. The van der Waals surface area contributed by atoms with Gasteiger partial charge in [-0.25, -0.2) is 0 Å².